The third-order valence-electron chi connectivity index (χ3n) is 10.4. The lowest BCUT2D eigenvalue weighted by Gasteiger charge is -2.45. The summed E-state index contributed by atoms with van der Waals surface area (Å²) in [6.07, 6.45) is 11.7. The Morgan fingerprint density at radius 2 is 1.19 bits per heavy atom. The van der Waals surface area contributed by atoms with Crippen LogP contribution in [0.2, 0.25) is 0 Å². The summed E-state index contributed by atoms with van der Waals surface area (Å²) < 4.78 is 23.9. The fourth-order valence-corrected chi connectivity index (χ4v) is 10.3. The van der Waals surface area contributed by atoms with Crippen LogP contribution in [0.25, 0.3) is 11.1 Å². The highest BCUT2D eigenvalue weighted by Crippen LogP contribution is 2.47. The third kappa shape index (κ3) is 10.7. The number of halogens is 1. The van der Waals surface area contributed by atoms with E-state index in [4.69, 9.17) is 45.5 Å². The van der Waals surface area contributed by atoms with Crippen molar-refractivity contribution in [1.29, 1.82) is 0 Å². The van der Waals surface area contributed by atoms with Crippen LogP contribution in [-0.2, 0) is 30.0 Å². The highest BCUT2D eigenvalue weighted by molar-refractivity contribution is 9.10. The lowest BCUT2D eigenvalue weighted by Crippen LogP contribution is -2.50. The molecule has 6 N–H and O–H groups in total. The second-order valence-corrected chi connectivity index (χ2v) is 17.8. The Morgan fingerprint density at radius 3 is 1.69 bits per heavy atom. The number of hydrogen-bond acceptors (Lipinski definition) is 14. The maximum Gasteiger partial charge on any atom is 0.490 e. The lowest BCUT2D eigenvalue weighted by molar-refractivity contribution is -0.0795. The molecule has 4 aromatic rings. The monoisotopic (exact) mass is 886 g/mol. The number of nitrogens with zero attached hydrogens (tertiary/aromatic N) is 4. The van der Waals surface area contributed by atoms with Crippen LogP contribution in [0.3, 0.4) is 0 Å². The summed E-state index contributed by atoms with van der Waals surface area (Å²) >= 11 is 6.92. The Balaban J connectivity index is 0.000000159. The van der Waals surface area contributed by atoms with Crippen molar-refractivity contribution < 1.29 is 29.0 Å². The SMILES string of the molecule is CC#Cc1cncc(-c2csc(C3(C)CC4(CCOCC4)OC(N)=N3)c2)c1.CC#Cc1cncc(B(O)O)c1.CC1(c2cc(Br)cs2)CC2(CCOCC2)OC(N)=N1. The van der Waals surface area contributed by atoms with Gasteiger partial charge in [-0.1, -0.05) is 11.8 Å². The lowest BCUT2D eigenvalue weighted by atomic mass is 9.79. The van der Waals surface area contributed by atoms with Crippen LogP contribution in [0.4, 0.5) is 0 Å². The van der Waals surface area contributed by atoms with Gasteiger partial charge in [0.05, 0.1) is 26.4 Å². The zero-order valence-electron chi connectivity index (χ0n) is 33.1. The first kappa shape index (κ1) is 43.3. The van der Waals surface area contributed by atoms with E-state index in [0.29, 0.717) is 30.3 Å². The van der Waals surface area contributed by atoms with Gasteiger partial charge >= 0.3 is 7.12 Å². The number of aromatic nitrogens is 2. The summed E-state index contributed by atoms with van der Waals surface area (Å²) in [4.78, 5) is 19.8. The molecule has 304 valence electrons. The highest BCUT2D eigenvalue weighted by Gasteiger charge is 2.48. The number of nitrogens with two attached hydrogens (primary N) is 2. The number of rotatable bonds is 4. The Labute approximate surface area is 356 Å². The topological polar surface area (TPSA) is 180 Å². The van der Waals surface area contributed by atoms with Gasteiger partial charge in [0.2, 0.25) is 0 Å². The van der Waals surface area contributed by atoms with Gasteiger partial charge in [-0.05, 0) is 78.8 Å². The Morgan fingerprint density at radius 1 is 0.690 bits per heavy atom. The molecule has 8 rings (SSSR count). The fourth-order valence-electron chi connectivity index (χ4n) is 7.70. The van der Waals surface area contributed by atoms with Crippen LogP contribution in [-0.4, -0.2) is 76.8 Å². The molecule has 0 aromatic carbocycles. The van der Waals surface area contributed by atoms with Gasteiger partial charge in [-0.3, -0.25) is 9.97 Å². The Kier molecular flexibility index (Phi) is 14.0. The van der Waals surface area contributed by atoms with Crippen molar-refractivity contribution in [2.24, 2.45) is 21.5 Å². The molecule has 0 saturated carbocycles. The predicted octanol–water partition coefficient (Wildman–Crippen LogP) is 5.82. The van der Waals surface area contributed by atoms with E-state index in [9.17, 15) is 0 Å². The van der Waals surface area contributed by atoms with Gasteiger partial charge in [0.1, 0.15) is 22.3 Å². The minimum atomic E-state index is -1.48. The van der Waals surface area contributed by atoms with E-state index < -0.39 is 12.7 Å². The van der Waals surface area contributed by atoms with Crippen LogP contribution < -0.4 is 16.9 Å². The zero-order chi connectivity index (χ0) is 41.4. The van der Waals surface area contributed by atoms with Crippen LogP contribution in [0.5, 0.6) is 0 Å². The summed E-state index contributed by atoms with van der Waals surface area (Å²) in [5.74, 6) is 11.4. The van der Waals surface area contributed by atoms with E-state index in [1.165, 1.54) is 16.0 Å². The predicted molar refractivity (Wildman–Crippen MR) is 234 cm³/mol. The molecule has 2 unspecified atom stereocenters. The number of hydrogen-bond donors (Lipinski definition) is 4. The molecular weight excluding hydrogens is 839 g/mol. The summed E-state index contributed by atoms with van der Waals surface area (Å²) in [5.41, 5.74) is 15.0. The average Bonchev–Trinajstić information content (AvgIpc) is 3.87. The molecule has 12 nitrogen and oxygen atoms in total. The number of thiophene rings is 2. The van der Waals surface area contributed by atoms with Gasteiger partial charge in [0, 0.05) is 105 Å². The first-order valence-electron chi connectivity index (χ1n) is 19.0. The highest BCUT2D eigenvalue weighted by atomic mass is 79.9. The Bertz CT molecular complexity index is 2250. The molecule has 0 radical (unpaired) electrons. The molecule has 2 saturated heterocycles. The molecule has 4 aliphatic rings. The normalized spacial score (nSPS) is 22.7. The van der Waals surface area contributed by atoms with Crippen molar-refractivity contribution in [3.05, 3.63) is 85.2 Å². The fraction of sp³-hybridized carbons (Fsp3) is 0.429. The zero-order valence-corrected chi connectivity index (χ0v) is 36.3. The summed E-state index contributed by atoms with van der Waals surface area (Å²) in [6, 6.07) is 8.57. The maximum atomic E-state index is 8.78. The minimum absolute atomic E-state index is 0.213. The second-order valence-electron chi connectivity index (χ2n) is 15.0. The number of ether oxygens (including phenoxy) is 4. The molecule has 16 heteroatoms. The van der Waals surface area contributed by atoms with E-state index in [0.717, 1.165) is 72.9 Å². The average molecular weight is 888 g/mol. The maximum absolute atomic E-state index is 8.78. The minimum Gasteiger partial charge on any atom is -0.459 e. The van der Waals surface area contributed by atoms with Gasteiger partial charge in [-0.25, -0.2) is 9.98 Å². The number of aliphatic imine (C=N–C) groups is 2. The molecule has 0 aliphatic carbocycles. The van der Waals surface area contributed by atoms with Crippen molar-refractivity contribution in [2.75, 3.05) is 26.4 Å². The standard InChI is InChI=1S/C21H23N3O2S.C13H17BrN2O2S.C8H8BNO2/c1-3-4-15-9-16(12-23-11-15)17-10-18(27-13-17)20(2)14-21(26-19(22)24-20)5-7-25-8-6-21;1-12(10-6-9(14)7-19-10)8-13(18-11(15)16-12)2-4-17-5-3-13;1-2-3-7-4-8(9(11)12)6-10-5-7/h9-13H,5-8,14H2,1-2H3,(H2,22,24);6-7H,2-5,8H2,1H3,(H2,15,16);4-6,11-12H,1H3. The molecule has 0 amide bonds. The van der Waals surface area contributed by atoms with Crippen molar-refractivity contribution in [3.8, 4) is 34.8 Å². The largest absolute Gasteiger partial charge is 0.490 e. The summed E-state index contributed by atoms with van der Waals surface area (Å²) in [7, 11) is -1.48. The van der Waals surface area contributed by atoms with Crippen molar-refractivity contribution in [2.45, 2.75) is 88.5 Å². The molecule has 4 aliphatic heterocycles. The summed E-state index contributed by atoms with van der Waals surface area (Å²) in [5, 5.41) is 21.8. The van der Waals surface area contributed by atoms with E-state index in [1.807, 2.05) is 13.1 Å². The van der Waals surface area contributed by atoms with E-state index in [-0.39, 0.29) is 22.8 Å². The van der Waals surface area contributed by atoms with Crippen LogP contribution in [0.1, 0.15) is 87.1 Å². The van der Waals surface area contributed by atoms with E-state index >= 15 is 0 Å². The van der Waals surface area contributed by atoms with Crippen molar-refractivity contribution >= 4 is 63.2 Å². The Hall–Kier alpha value is -4.26. The third-order valence-corrected chi connectivity index (χ3v) is 13.5. The quantitative estimate of drug-likeness (QED) is 0.144. The number of amidine groups is 2. The van der Waals surface area contributed by atoms with Gasteiger partial charge in [0.15, 0.2) is 0 Å². The molecule has 0 bridgehead atoms. The van der Waals surface area contributed by atoms with Crippen LogP contribution in [0, 0.1) is 23.7 Å². The molecule has 4 aromatic heterocycles. The summed E-state index contributed by atoms with van der Waals surface area (Å²) in [6.45, 7) is 10.7. The smallest absolute Gasteiger partial charge is 0.459 e. The van der Waals surface area contributed by atoms with Gasteiger partial charge in [0.25, 0.3) is 12.0 Å². The first-order valence-corrected chi connectivity index (χ1v) is 21.5. The van der Waals surface area contributed by atoms with E-state index in [1.54, 1.807) is 48.1 Å². The van der Waals surface area contributed by atoms with Gasteiger partial charge < -0.3 is 40.5 Å². The first-order chi connectivity index (χ1) is 27.8. The van der Waals surface area contributed by atoms with E-state index in [2.05, 4.69) is 97.4 Å². The molecule has 2 atom stereocenters. The molecular formula is C42H48BBrN6O6S2. The van der Waals surface area contributed by atoms with Gasteiger partial charge in [-0.2, -0.15) is 0 Å². The van der Waals surface area contributed by atoms with Gasteiger partial charge in [-0.15, -0.1) is 34.5 Å². The molecule has 2 spiro atoms. The number of pyridine rings is 2. The van der Waals surface area contributed by atoms with Crippen molar-refractivity contribution in [3.63, 3.8) is 0 Å². The molecule has 58 heavy (non-hydrogen) atoms. The van der Waals surface area contributed by atoms with Crippen LogP contribution >= 0.6 is 38.6 Å². The molecule has 8 heterocycles. The van der Waals surface area contributed by atoms with Crippen LogP contribution in [0.15, 0.2) is 74.3 Å². The second kappa shape index (κ2) is 18.8. The molecule has 2 fully saturated rings. The van der Waals surface area contributed by atoms with Crippen molar-refractivity contribution in [1.82, 2.24) is 9.97 Å².